The summed E-state index contributed by atoms with van der Waals surface area (Å²) in [6.07, 6.45) is 8.03. The fraction of sp³-hybridized carbons (Fsp3) is 0.414. The lowest BCUT2D eigenvalue weighted by Gasteiger charge is -2.21. The standard InChI is InChI=1S/C29H31ClF2N4O3/c1-37-21-11-9-19(10-12-21)17-38-13-6-14-39-22-15-23(31)25(24(32)16-22)26-27(20-7-4-2-3-5-8-20)36-29(33-18-34-36)35-28(26)30/h9-12,15-16,18,20H,2-8,13-14,17H2,1H3. The highest BCUT2D eigenvalue weighted by Gasteiger charge is 2.29. The van der Waals surface area contributed by atoms with E-state index in [1.54, 1.807) is 11.6 Å². The highest BCUT2D eigenvalue weighted by molar-refractivity contribution is 6.32. The minimum Gasteiger partial charge on any atom is -0.497 e. The Morgan fingerprint density at radius 3 is 2.36 bits per heavy atom. The van der Waals surface area contributed by atoms with Gasteiger partial charge in [-0.25, -0.2) is 13.3 Å². The van der Waals surface area contributed by atoms with E-state index in [4.69, 9.17) is 25.8 Å². The molecule has 0 aliphatic heterocycles. The van der Waals surface area contributed by atoms with Gasteiger partial charge in [0.05, 0.1) is 38.2 Å². The molecule has 1 aliphatic rings. The average Bonchev–Trinajstić information content (AvgIpc) is 3.22. The lowest BCUT2D eigenvalue weighted by molar-refractivity contribution is 0.107. The van der Waals surface area contributed by atoms with Gasteiger partial charge in [0, 0.05) is 30.0 Å². The molecule has 206 valence electrons. The zero-order chi connectivity index (χ0) is 27.2. The zero-order valence-electron chi connectivity index (χ0n) is 21.8. The number of hydrogen-bond acceptors (Lipinski definition) is 6. The number of halogens is 3. The van der Waals surface area contributed by atoms with Crippen molar-refractivity contribution in [3.63, 3.8) is 0 Å². The van der Waals surface area contributed by atoms with Crippen molar-refractivity contribution in [1.82, 2.24) is 19.6 Å². The minimum atomic E-state index is -0.765. The van der Waals surface area contributed by atoms with Gasteiger partial charge in [0.1, 0.15) is 34.6 Å². The Balaban J connectivity index is 1.29. The van der Waals surface area contributed by atoms with Crippen LogP contribution in [0.25, 0.3) is 16.9 Å². The van der Waals surface area contributed by atoms with Gasteiger partial charge >= 0.3 is 0 Å². The molecule has 0 atom stereocenters. The lowest BCUT2D eigenvalue weighted by Crippen LogP contribution is -2.12. The summed E-state index contributed by atoms with van der Waals surface area (Å²) in [5.74, 6) is -0.281. The number of aromatic nitrogens is 4. The average molecular weight is 557 g/mol. The van der Waals surface area contributed by atoms with Crippen molar-refractivity contribution in [2.24, 2.45) is 0 Å². The van der Waals surface area contributed by atoms with Gasteiger partial charge in [-0.1, -0.05) is 49.4 Å². The predicted octanol–water partition coefficient (Wildman–Crippen LogP) is 7.16. The van der Waals surface area contributed by atoms with Gasteiger partial charge in [-0.2, -0.15) is 15.1 Å². The summed E-state index contributed by atoms with van der Waals surface area (Å²) >= 11 is 6.56. The second kappa shape index (κ2) is 12.7. The van der Waals surface area contributed by atoms with Gasteiger partial charge in [-0.15, -0.1) is 0 Å². The quantitative estimate of drug-likeness (QED) is 0.117. The molecule has 2 heterocycles. The first-order valence-corrected chi connectivity index (χ1v) is 13.6. The number of fused-ring (bicyclic) bond motifs is 1. The first-order chi connectivity index (χ1) is 19.0. The molecule has 7 nitrogen and oxygen atoms in total. The molecular formula is C29H31ClF2N4O3. The molecule has 0 bridgehead atoms. The lowest BCUT2D eigenvalue weighted by atomic mass is 9.90. The first kappa shape index (κ1) is 27.3. The summed E-state index contributed by atoms with van der Waals surface area (Å²) < 4.78 is 49.1. The second-order valence-corrected chi connectivity index (χ2v) is 10.0. The highest BCUT2D eigenvalue weighted by Crippen LogP contribution is 2.42. The molecule has 2 aromatic heterocycles. The Kier molecular flexibility index (Phi) is 8.88. The van der Waals surface area contributed by atoms with Crippen LogP contribution in [-0.2, 0) is 11.3 Å². The number of benzene rings is 2. The first-order valence-electron chi connectivity index (χ1n) is 13.3. The summed E-state index contributed by atoms with van der Waals surface area (Å²) in [5, 5.41) is 4.33. The van der Waals surface area contributed by atoms with Crippen LogP contribution in [0.2, 0.25) is 5.15 Å². The van der Waals surface area contributed by atoms with Crippen molar-refractivity contribution in [2.45, 2.75) is 57.5 Å². The summed E-state index contributed by atoms with van der Waals surface area (Å²) in [6.45, 7) is 1.15. The Morgan fingerprint density at radius 1 is 0.949 bits per heavy atom. The molecule has 10 heteroatoms. The molecule has 1 saturated carbocycles. The van der Waals surface area contributed by atoms with Crippen LogP contribution in [0, 0.1) is 11.6 Å². The van der Waals surface area contributed by atoms with E-state index in [1.807, 2.05) is 24.3 Å². The molecular weight excluding hydrogens is 526 g/mol. The van der Waals surface area contributed by atoms with Gasteiger partial charge in [-0.05, 0) is 30.5 Å². The summed E-state index contributed by atoms with van der Waals surface area (Å²) in [4.78, 5) is 8.44. The van der Waals surface area contributed by atoms with Gasteiger partial charge < -0.3 is 14.2 Å². The van der Waals surface area contributed by atoms with Gasteiger partial charge in [0.2, 0.25) is 0 Å². The summed E-state index contributed by atoms with van der Waals surface area (Å²) in [7, 11) is 1.62. The van der Waals surface area contributed by atoms with Crippen molar-refractivity contribution in [3.05, 3.63) is 70.8 Å². The van der Waals surface area contributed by atoms with Crippen molar-refractivity contribution in [1.29, 1.82) is 0 Å². The number of rotatable bonds is 10. The number of ether oxygens (including phenoxy) is 3. The van der Waals surface area contributed by atoms with E-state index in [2.05, 4.69) is 15.1 Å². The van der Waals surface area contributed by atoms with Crippen LogP contribution in [-0.4, -0.2) is 39.9 Å². The molecule has 39 heavy (non-hydrogen) atoms. The molecule has 0 N–H and O–H groups in total. The van der Waals surface area contributed by atoms with E-state index in [1.165, 1.54) is 18.5 Å². The van der Waals surface area contributed by atoms with Crippen LogP contribution in [0.3, 0.4) is 0 Å². The van der Waals surface area contributed by atoms with Crippen LogP contribution >= 0.6 is 11.6 Å². The van der Waals surface area contributed by atoms with Crippen LogP contribution in [0.15, 0.2) is 42.7 Å². The Labute approximate surface area is 231 Å². The molecule has 1 aliphatic carbocycles. The second-order valence-electron chi connectivity index (χ2n) is 9.69. The smallest absolute Gasteiger partial charge is 0.253 e. The number of nitrogens with zero attached hydrogens (tertiary/aromatic N) is 4. The molecule has 1 fully saturated rings. The Bertz CT molecular complexity index is 1380. The largest absolute Gasteiger partial charge is 0.497 e. The van der Waals surface area contributed by atoms with Crippen LogP contribution < -0.4 is 9.47 Å². The maximum Gasteiger partial charge on any atom is 0.253 e. The molecule has 2 aromatic carbocycles. The van der Waals surface area contributed by atoms with Gasteiger partial charge in [-0.3, -0.25) is 0 Å². The van der Waals surface area contributed by atoms with Crippen molar-refractivity contribution in [2.75, 3.05) is 20.3 Å². The molecule has 4 aromatic rings. The SMILES string of the molecule is COc1ccc(COCCCOc2cc(F)c(-c3c(Cl)nc4ncnn4c3C3CCCCCC3)c(F)c2)cc1. The third-order valence-electron chi connectivity index (χ3n) is 7.06. The third kappa shape index (κ3) is 6.31. The van der Waals surface area contributed by atoms with E-state index in [9.17, 15) is 0 Å². The zero-order valence-corrected chi connectivity index (χ0v) is 22.6. The molecule has 5 rings (SSSR count). The number of methoxy groups -OCH3 is 1. The van der Waals surface area contributed by atoms with E-state index in [0.29, 0.717) is 31.1 Å². The molecule has 0 saturated heterocycles. The fourth-order valence-corrected chi connectivity index (χ4v) is 5.40. The van der Waals surface area contributed by atoms with Crippen LogP contribution in [0.1, 0.15) is 62.1 Å². The van der Waals surface area contributed by atoms with Crippen molar-refractivity contribution in [3.8, 4) is 22.6 Å². The predicted molar refractivity (Wildman–Crippen MR) is 144 cm³/mol. The Hall–Kier alpha value is -3.30. The highest BCUT2D eigenvalue weighted by atomic mass is 35.5. The van der Waals surface area contributed by atoms with E-state index in [-0.39, 0.29) is 34.6 Å². The van der Waals surface area contributed by atoms with Crippen LogP contribution in [0.5, 0.6) is 11.5 Å². The van der Waals surface area contributed by atoms with Crippen molar-refractivity contribution >= 4 is 17.4 Å². The monoisotopic (exact) mass is 556 g/mol. The normalized spacial score (nSPS) is 14.5. The molecule has 0 unspecified atom stereocenters. The van der Waals surface area contributed by atoms with E-state index >= 15 is 8.78 Å². The number of hydrogen-bond donors (Lipinski definition) is 0. The summed E-state index contributed by atoms with van der Waals surface area (Å²) in [6, 6.07) is 10.0. The maximum absolute atomic E-state index is 15.5. The topological polar surface area (TPSA) is 70.8 Å². The summed E-state index contributed by atoms with van der Waals surface area (Å²) in [5.41, 5.74) is 1.69. The van der Waals surface area contributed by atoms with Gasteiger partial charge in [0.25, 0.3) is 5.78 Å². The van der Waals surface area contributed by atoms with Crippen molar-refractivity contribution < 1.29 is 23.0 Å². The van der Waals surface area contributed by atoms with Crippen LogP contribution in [0.4, 0.5) is 8.78 Å². The molecule has 0 radical (unpaired) electrons. The molecule has 0 amide bonds. The molecule has 0 spiro atoms. The fourth-order valence-electron chi connectivity index (χ4n) is 5.13. The minimum absolute atomic E-state index is 0.00947. The Morgan fingerprint density at radius 2 is 1.67 bits per heavy atom. The van der Waals surface area contributed by atoms with E-state index in [0.717, 1.165) is 49.8 Å². The van der Waals surface area contributed by atoms with E-state index < -0.39 is 11.6 Å². The third-order valence-corrected chi connectivity index (χ3v) is 7.33. The van der Waals surface area contributed by atoms with Gasteiger partial charge in [0.15, 0.2) is 0 Å². The maximum atomic E-state index is 15.5.